The van der Waals surface area contributed by atoms with Crippen molar-refractivity contribution in [3.63, 3.8) is 0 Å². The molecule has 104 valence electrons. The van der Waals surface area contributed by atoms with E-state index in [0.717, 1.165) is 18.4 Å². The summed E-state index contributed by atoms with van der Waals surface area (Å²) in [5, 5.41) is 3.52. The number of hydrogen-bond acceptors (Lipinski definition) is 5. The molecule has 1 aliphatic rings. The van der Waals surface area contributed by atoms with Gasteiger partial charge in [-0.05, 0) is 30.0 Å². The summed E-state index contributed by atoms with van der Waals surface area (Å²) in [5.74, 6) is 0.652. The first-order valence-electron chi connectivity index (χ1n) is 6.52. The molecule has 0 radical (unpaired) electrons. The van der Waals surface area contributed by atoms with Gasteiger partial charge in [0, 0.05) is 28.8 Å². The fraction of sp³-hybridized carbons (Fsp3) is 0.286. The van der Waals surface area contributed by atoms with Crippen LogP contribution in [0.5, 0.6) is 0 Å². The van der Waals surface area contributed by atoms with Crippen LogP contribution in [0.1, 0.15) is 29.2 Å². The Labute approximate surface area is 125 Å². The van der Waals surface area contributed by atoms with Gasteiger partial charge >= 0.3 is 0 Å². The highest BCUT2D eigenvalue weighted by Crippen LogP contribution is 2.35. The lowest BCUT2D eigenvalue weighted by atomic mass is 10.1. The van der Waals surface area contributed by atoms with Gasteiger partial charge in [-0.2, -0.15) is 4.98 Å². The van der Waals surface area contributed by atoms with Crippen LogP contribution in [0.2, 0.25) is 0 Å². The molecule has 1 heterocycles. The Morgan fingerprint density at radius 2 is 2.20 bits per heavy atom. The maximum atomic E-state index is 5.85. The van der Waals surface area contributed by atoms with Gasteiger partial charge in [0.2, 0.25) is 5.95 Å². The van der Waals surface area contributed by atoms with Crippen LogP contribution in [0.3, 0.4) is 0 Å². The number of benzene rings is 1. The van der Waals surface area contributed by atoms with Gasteiger partial charge in [-0.15, -0.1) is 0 Å². The molecule has 3 rings (SSSR count). The summed E-state index contributed by atoms with van der Waals surface area (Å²) >= 11 is 3.61. The Hall–Kier alpha value is -1.66. The van der Waals surface area contributed by atoms with Crippen molar-refractivity contribution in [2.45, 2.75) is 25.4 Å². The topological polar surface area (TPSA) is 89.8 Å². The molecule has 0 fully saturated rings. The molecule has 0 aliphatic heterocycles. The lowest BCUT2D eigenvalue weighted by molar-refractivity contribution is 0.530. The minimum Gasteiger partial charge on any atom is -0.383 e. The predicted molar refractivity (Wildman–Crippen MR) is 82.9 cm³/mol. The highest BCUT2D eigenvalue weighted by Gasteiger charge is 2.23. The summed E-state index contributed by atoms with van der Waals surface area (Å²) in [6.07, 6.45) is 3.86. The Kier molecular flexibility index (Phi) is 3.58. The lowest BCUT2D eigenvalue weighted by Gasteiger charge is -2.15. The maximum Gasteiger partial charge on any atom is 0.221 e. The molecule has 0 saturated carbocycles. The van der Waals surface area contributed by atoms with Gasteiger partial charge in [-0.3, -0.25) is 0 Å². The highest BCUT2D eigenvalue weighted by molar-refractivity contribution is 9.10. The SMILES string of the molecule is Nc1ncc(CNC2CCc3c(Br)cccc32)c(N)n1. The monoisotopic (exact) mass is 333 g/mol. The third-order valence-electron chi connectivity index (χ3n) is 3.67. The zero-order valence-corrected chi connectivity index (χ0v) is 12.5. The van der Waals surface area contributed by atoms with Crippen LogP contribution in [-0.2, 0) is 13.0 Å². The number of anilines is 2. The van der Waals surface area contributed by atoms with Gasteiger partial charge in [0.05, 0.1) is 0 Å². The van der Waals surface area contributed by atoms with Crippen molar-refractivity contribution in [2.24, 2.45) is 0 Å². The number of rotatable bonds is 3. The molecule has 1 aromatic heterocycles. The average Bonchev–Trinajstić information content (AvgIpc) is 2.83. The maximum absolute atomic E-state index is 5.85. The van der Waals surface area contributed by atoms with E-state index in [2.05, 4.69) is 49.4 Å². The molecule has 0 amide bonds. The summed E-state index contributed by atoms with van der Waals surface area (Å²) in [4.78, 5) is 7.96. The minimum atomic E-state index is 0.210. The average molecular weight is 334 g/mol. The van der Waals surface area contributed by atoms with Crippen molar-refractivity contribution in [2.75, 3.05) is 11.5 Å². The largest absolute Gasteiger partial charge is 0.383 e. The predicted octanol–water partition coefficient (Wildman–Crippen LogP) is 2.18. The van der Waals surface area contributed by atoms with Gasteiger partial charge in [-0.1, -0.05) is 28.1 Å². The molecule has 5 nitrogen and oxygen atoms in total. The molecule has 0 spiro atoms. The van der Waals surface area contributed by atoms with E-state index in [1.807, 2.05) is 0 Å². The van der Waals surface area contributed by atoms with E-state index >= 15 is 0 Å². The molecule has 2 aromatic rings. The van der Waals surface area contributed by atoms with Gasteiger partial charge in [-0.25, -0.2) is 4.98 Å². The number of nitrogen functional groups attached to an aromatic ring is 2. The third kappa shape index (κ3) is 2.48. The number of fused-ring (bicyclic) bond motifs is 1. The first-order valence-corrected chi connectivity index (χ1v) is 7.32. The normalized spacial score (nSPS) is 17.1. The standard InChI is InChI=1S/C14H16BrN5/c15-11-3-1-2-10-9(11)4-5-12(10)18-6-8-7-19-14(17)20-13(8)16/h1-3,7,12,18H,4-6H2,(H4,16,17,19,20). The minimum absolute atomic E-state index is 0.210. The van der Waals surface area contributed by atoms with E-state index in [4.69, 9.17) is 11.5 Å². The van der Waals surface area contributed by atoms with Crippen LogP contribution in [0, 0.1) is 0 Å². The van der Waals surface area contributed by atoms with E-state index in [9.17, 15) is 0 Å². The molecule has 0 saturated heterocycles. The van der Waals surface area contributed by atoms with Crippen molar-refractivity contribution in [3.8, 4) is 0 Å². The molecule has 20 heavy (non-hydrogen) atoms. The van der Waals surface area contributed by atoms with Crippen molar-refractivity contribution in [1.29, 1.82) is 0 Å². The zero-order valence-electron chi connectivity index (χ0n) is 10.9. The molecule has 1 unspecified atom stereocenters. The summed E-state index contributed by atoms with van der Waals surface area (Å²) < 4.78 is 1.19. The molecular weight excluding hydrogens is 318 g/mol. The number of nitrogens with zero attached hydrogens (tertiary/aromatic N) is 2. The van der Waals surface area contributed by atoms with Gasteiger partial charge in [0.15, 0.2) is 0 Å². The van der Waals surface area contributed by atoms with Crippen molar-refractivity contribution in [1.82, 2.24) is 15.3 Å². The molecule has 1 aliphatic carbocycles. The first kappa shape index (κ1) is 13.3. The number of hydrogen-bond donors (Lipinski definition) is 3. The summed E-state index contributed by atoms with van der Waals surface area (Å²) in [5.41, 5.74) is 15.0. The van der Waals surface area contributed by atoms with E-state index in [0.29, 0.717) is 18.4 Å². The first-order chi connectivity index (χ1) is 9.65. The van der Waals surface area contributed by atoms with Crippen LogP contribution in [0.4, 0.5) is 11.8 Å². The molecule has 0 bridgehead atoms. The molecule has 1 atom stereocenters. The summed E-state index contributed by atoms with van der Waals surface area (Å²) in [6, 6.07) is 6.68. The molecule has 1 aromatic carbocycles. The highest BCUT2D eigenvalue weighted by atomic mass is 79.9. The van der Waals surface area contributed by atoms with E-state index in [-0.39, 0.29) is 5.95 Å². The van der Waals surface area contributed by atoms with Gasteiger partial charge in [0.25, 0.3) is 0 Å². The van der Waals surface area contributed by atoms with E-state index in [1.165, 1.54) is 15.6 Å². The van der Waals surface area contributed by atoms with Crippen molar-refractivity contribution >= 4 is 27.7 Å². The Morgan fingerprint density at radius 3 is 3.00 bits per heavy atom. The third-order valence-corrected chi connectivity index (χ3v) is 4.41. The Balaban J connectivity index is 1.73. The van der Waals surface area contributed by atoms with E-state index < -0.39 is 0 Å². The second kappa shape index (κ2) is 5.38. The van der Waals surface area contributed by atoms with Gasteiger partial charge in [0.1, 0.15) is 5.82 Å². The van der Waals surface area contributed by atoms with Crippen LogP contribution in [-0.4, -0.2) is 9.97 Å². The van der Waals surface area contributed by atoms with Crippen molar-refractivity contribution < 1.29 is 0 Å². The lowest BCUT2D eigenvalue weighted by Crippen LogP contribution is -2.20. The fourth-order valence-corrected chi connectivity index (χ4v) is 3.21. The molecular formula is C14H16BrN5. The zero-order chi connectivity index (χ0) is 14.1. The number of halogens is 1. The fourth-order valence-electron chi connectivity index (χ4n) is 2.63. The molecule has 5 N–H and O–H groups in total. The smallest absolute Gasteiger partial charge is 0.221 e. The molecule has 6 heteroatoms. The quantitative estimate of drug-likeness (QED) is 0.800. The number of nitrogens with two attached hydrogens (primary N) is 2. The second-order valence-electron chi connectivity index (χ2n) is 4.92. The van der Waals surface area contributed by atoms with Crippen molar-refractivity contribution in [3.05, 3.63) is 45.6 Å². The van der Waals surface area contributed by atoms with E-state index in [1.54, 1.807) is 6.20 Å². The van der Waals surface area contributed by atoms with Gasteiger partial charge < -0.3 is 16.8 Å². The number of aromatic nitrogens is 2. The van der Waals surface area contributed by atoms with Crippen LogP contribution < -0.4 is 16.8 Å². The van der Waals surface area contributed by atoms with Crippen LogP contribution in [0.25, 0.3) is 0 Å². The second-order valence-corrected chi connectivity index (χ2v) is 5.77. The Bertz CT molecular complexity index is 643. The van der Waals surface area contributed by atoms with Crippen LogP contribution in [0.15, 0.2) is 28.9 Å². The van der Waals surface area contributed by atoms with Crippen LogP contribution >= 0.6 is 15.9 Å². The summed E-state index contributed by atoms with van der Waals surface area (Å²) in [7, 11) is 0. The number of nitrogens with one attached hydrogen (secondary N) is 1. The summed E-state index contributed by atoms with van der Waals surface area (Å²) in [6.45, 7) is 0.642. The Morgan fingerprint density at radius 1 is 1.35 bits per heavy atom.